The van der Waals surface area contributed by atoms with Crippen LogP contribution in [0.3, 0.4) is 0 Å². The summed E-state index contributed by atoms with van der Waals surface area (Å²) in [5.74, 6) is 0. The lowest BCUT2D eigenvalue weighted by Gasteiger charge is -1.92. The Balaban J connectivity index is 2.70. The minimum atomic E-state index is 0.556. The predicted octanol–water partition coefficient (Wildman–Crippen LogP) is 4.50. The Labute approximate surface area is 97.8 Å². The number of rotatable bonds is 1. The van der Waals surface area contributed by atoms with Crippen LogP contribution in [0.4, 0.5) is 0 Å². The number of hydrogen-bond donors (Lipinski definition) is 0. The number of aromatic nitrogens is 1. The number of halogens is 3. The maximum atomic E-state index is 5.88. The molecule has 0 saturated carbocycles. The summed E-state index contributed by atoms with van der Waals surface area (Å²) < 4.78 is 1.07. The first kappa shape index (κ1) is 9.71. The zero-order valence-electron chi connectivity index (χ0n) is 6.35. The van der Waals surface area contributed by atoms with E-state index in [2.05, 4.69) is 20.9 Å². The maximum absolute atomic E-state index is 5.88. The van der Waals surface area contributed by atoms with Crippen molar-refractivity contribution >= 4 is 60.7 Å². The third-order valence-corrected chi connectivity index (χ3v) is 4.23. The third-order valence-electron chi connectivity index (χ3n) is 1.59. The Kier molecular flexibility index (Phi) is 2.79. The van der Waals surface area contributed by atoms with Gasteiger partial charge in [-0.25, -0.2) is 4.98 Å². The van der Waals surface area contributed by atoms with Crippen LogP contribution in [0.15, 0.2) is 12.1 Å². The van der Waals surface area contributed by atoms with Crippen molar-refractivity contribution in [3.63, 3.8) is 0 Å². The minimum Gasteiger partial charge on any atom is -0.240 e. The van der Waals surface area contributed by atoms with E-state index in [1.165, 1.54) is 0 Å². The molecule has 68 valence electrons. The Morgan fingerprint density at radius 1 is 1.31 bits per heavy atom. The van der Waals surface area contributed by atoms with Crippen molar-refractivity contribution in [1.29, 1.82) is 0 Å². The van der Waals surface area contributed by atoms with E-state index in [1.807, 2.05) is 6.07 Å². The topological polar surface area (TPSA) is 12.9 Å². The molecule has 1 nitrogen and oxygen atoms in total. The van der Waals surface area contributed by atoms with Gasteiger partial charge in [0.2, 0.25) is 0 Å². The average molecular weight is 297 g/mol. The molecule has 1 heterocycles. The van der Waals surface area contributed by atoms with E-state index < -0.39 is 0 Å². The standard InChI is InChI=1S/C8H4BrCl2NS/c9-3-8-12-6-1-4(10)5(11)2-7(6)13-8/h1-2H,3H2. The van der Waals surface area contributed by atoms with Crippen LogP contribution in [0, 0.1) is 0 Å². The van der Waals surface area contributed by atoms with Crippen LogP contribution in [-0.2, 0) is 5.33 Å². The smallest absolute Gasteiger partial charge is 0.104 e. The second-order valence-corrected chi connectivity index (χ2v) is 4.97. The van der Waals surface area contributed by atoms with E-state index in [-0.39, 0.29) is 0 Å². The molecule has 0 atom stereocenters. The van der Waals surface area contributed by atoms with Crippen LogP contribution in [0.25, 0.3) is 10.2 Å². The van der Waals surface area contributed by atoms with Gasteiger partial charge in [-0.3, -0.25) is 0 Å². The molecule has 0 aliphatic rings. The van der Waals surface area contributed by atoms with Gasteiger partial charge < -0.3 is 0 Å². The molecule has 0 radical (unpaired) electrons. The number of hydrogen-bond acceptors (Lipinski definition) is 2. The van der Waals surface area contributed by atoms with Crippen LogP contribution in [-0.4, -0.2) is 4.98 Å². The Bertz CT molecular complexity index is 416. The summed E-state index contributed by atoms with van der Waals surface area (Å²) in [5.41, 5.74) is 0.911. The van der Waals surface area contributed by atoms with E-state index in [0.717, 1.165) is 20.6 Å². The molecule has 0 N–H and O–H groups in total. The second kappa shape index (κ2) is 3.73. The van der Waals surface area contributed by atoms with E-state index >= 15 is 0 Å². The summed E-state index contributed by atoms with van der Waals surface area (Å²) in [6.45, 7) is 0. The largest absolute Gasteiger partial charge is 0.240 e. The Hall–Kier alpha value is 0.170. The highest BCUT2D eigenvalue weighted by Gasteiger charge is 2.06. The van der Waals surface area contributed by atoms with Crippen LogP contribution < -0.4 is 0 Å². The fourth-order valence-electron chi connectivity index (χ4n) is 1.03. The fourth-order valence-corrected chi connectivity index (χ4v) is 2.72. The maximum Gasteiger partial charge on any atom is 0.104 e. The molecule has 2 rings (SSSR count). The summed E-state index contributed by atoms with van der Waals surface area (Å²) in [6.07, 6.45) is 0. The highest BCUT2D eigenvalue weighted by Crippen LogP contribution is 2.31. The molecule has 0 saturated heterocycles. The second-order valence-electron chi connectivity index (χ2n) is 2.48. The van der Waals surface area contributed by atoms with Gasteiger partial charge in [0.15, 0.2) is 0 Å². The van der Waals surface area contributed by atoms with Gasteiger partial charge in [-0.2, -0.15) is 0 Å². The molecular weight excluding hydrogens is 293 g/mol. The molecule has 5 heteroatoms. The van der Waals surface area contributed by atoms with Gasteiger partial charge in [-0.1, -0.05) is 39.1 Å². The predicted molar refractivity (Wildman–Crippen MR) is 62.3 cm³/mol. The SMILES string of the molecule is Clc1cc2nc(CBr)sc2cc1Cl. The normalized spacial score (nSPS) is 11.0. The number of thiazole rings is 1. The lowest BCUT2D eigenvalue weighted by Crippen LogP contribution is -1.72. The van der Waals surface area contributed by atoms with Gasteiger partial charge in [-0.15, -0.1) is 11.3 Å². The molecule has 13 heavy (non-hydrogen) atoms. The Morgan fingerprint density at radius 3 is 2.69 bits per heavy atom. The van der Waals surface area contributed by atoms with E-state index in [4.69, 9.17) is 23.2 Å². The van der Waals surface area contributed by atoms with Crippen LogP contribution in [0.1, 0.15) is 5.01 Å². The molecule has 0 spiro atoms. The molecule has 1 aromatic heterocycles. The van der Waals surface area contributed by atoms with Gasteiger partial charge in [0.25, 0.3) is 0 Å². The van der Waals surface area contributed by atoms with Crippen LogP contribution in [0.5, 0.6) is 0 Å². The highest BCUT2D eigenvalue weighted by molar-refractivity contribution is 9.08. The monoisotopic (exact) mass is 295 g/mol. The zero-order chi connectivity index (χ0) is 9.42. The summed E-state index contributed by atoms with van der Waals surface area (Å²) >= 11 is 16.7. The molecule has 0 fully saturated rings. The molecule has 0 aliphatic carbocycles. The van der Waals surface area contributed by atoms with Gasteiger partial charge >= 0.3 is 0 Å². The van der Waals surface area contributed by atoms with Gasteiger partial charge in [0.05, 0.1) is 25.6 Å². The van der Waals surface area contributed by atoms with Crippen molar-refractivity contribution in [2.75, 3.05) is 0 Å². The highest BCUT2D eigenvalue weighted by atomic mass is 79.9. The minimum absolute atomic E-state index is 0.556. The fraction of sp³-hybridized carbons (Fsp3) is 0.125. The van der Waals surface area contributed by atoms with Gasteiger partial charge in [0, 0.05) is 0 Å². The third kappa shape index (κ3) is 1.84. The van der Waals surface area contributed by atoms with Crippen molar-refractivity contribution in [3.8, 4) is 0 Å². The van der Waals surface area contributed by atoms with E-state index in [9.17, 15) is 0 Å². The van der Waals surface area contributed by atoms with Crippen molar-refractivity contribution in [1.82, 2.24) is 4.98 Å². The van der Waals surface area contributed by atoms with Crippen molar-refractivity contribution in [2.24, 2.45) is 0 Å². The molecule has 2 aromatic rings. The molecule has 0 aliphatic heterocycles. The lowest BCUT2D eigenvalue weighted by atomic mass is 10.3. The summed E-state index contributed by atoms with van der Waals surface area (Å²) in [5, 5.41) is 2.94. The van der Waals surface area contributed by atoms with Crippen molar-refractivity contribution in [2.45, 2.75) is 5.33 Å². The van der Waals surface area contributed by atoms with E-state index in [0.29, 0.717) is 10.0 Å². The molecule has 1 aromatic carbocycles. The molecule has 0 bridgehead atoms. The summed E-state index contributed by atoms with van der Waals surface area (Å²) in [7, 11) is 0. The summed E-state index contributed by atoms with van der Waals surface area (Å²) in [4.78, 5) is 4.36. The van der Waals surface area contributed by atoms with Crippen molar-refractivity contribution < 1.29 is 0 Å². The average Bonchev–Trinajstić information content (AvgIpc) is 2.48. The lowest BCUT2D eigenvalue weighted by molar-refractivity contribution is 1.32. The molecule has 0 unspecified atom stereocenters. The first-order valence-electron chi connectivity index (χ1n) is 3.51. The van der Waals surface area contributed by atoms with Gasteiger partial charge in [-0.05, 0) is 12.1 Å². The number of benzene rings is 1. The summed E-state index contributed by atoms with van der Waals surface area (Å²) in [6, 6.07) is 3.64. The van der Waals surface area contributed by atoms with Crippen LogP contribution >= 0.6 is 50.5 Å². The number of nitrogens with zero attached hydrogens (tertiary/aromatic N) is 1. The number of alkyl halides is 1. The first-order valence-corrected chi connectivity index (χ1v) is 6.20. The number of fused-ring (bicyclic) bond motifs is 1. The Morgan fingerprint density at radius 2 is 2.00 bits per heavy atom. The zero-order valence-corrected chi connectivity index (χ0v) is 10.3. The van der Waals surface area contributed by atoms with Crippen LogP contribution in [0.2, 0.25) is 10.0 Å². The molecule has 0 amide bonds. The quantitative estimate of drug-likeness (QED) is 0.706. The first-order chi connectivity index (χ1) is 6.20. The van der Waals surface area contributed by atoms with Crippen molar-refractivity contribution in [3.05, 3.63) is 27.2 Å². The van der Waals surface area contributed by atoms with Gasteiger partial charge in [0.1, 0.15) is 5.01 Å². The molecular formula is C8H4BrCl2NS. The van der Waals surface area contributed by atoms with E-state index in [1.54, 1.807) is 17.4 Å².